The average molecular weight is 367 g/mol. The number of benzene rings is 1. The Morgan fingerprint density at radius 1 is 1.08 bits per heavy atom. The van der Waals surface area contributed by atoms with Crippen molar-refractivity contribution in [3.63, 3.8) is 0 Å². The van der Waals surface area contributed by atoms with Crippen LogP contribution < -0.4 is 5.32 Å². The van der Waals surface area contributed by atoms with Gasteiger partial charge in [0.1, 0.15) is 0 Å². The molecule has 25 heavy (non-hydrogen) atoms. The van der Waals surface area contributed by atoms with Crippen molar-refractivity contribution in [1.29, 1.82) is 0 Å². The fourth-order valence-corrected chi connectivity index (χ4v) is 2.92. The average Bonchev–Trinajstić information content (AvgIpc) is 2.59. The van der Waals surface area contributed by atoms with Gasteiger partial charge in [-0.25, -0.2) is 9.59 Å². The van der Waals surface area contributed by atoms with Crippen LogP contribution in [0.5, 0.6) is 0 Å². The van der Waals surface area contributed by atoms with Gasteiger partial charge in [-0.2, -0.15) is 0 Å². The molecule has 4 amide bonds. The van der Waals surface area contributed by atoms with Crippen LogP contribution >= 0.6 is 11.6 Å². The van der Waals surface area contributed by atoms with Gasteiger partial charge in [0.05, 0.1) is 0 Å². The molecule has 0 bridgehead atoms. The second kappa shape index (κ2) is 7.95. The number of nitrogens with zero attached hydrogens (tertiary/aromatic N) is 3. The van der Waals surface area contributed by atoms with Crippen LogP contribution in [0, 0.1) is 0 Å². The number of amides is 4. The van der Waals surface area contributed by atoms with Gasteiger partial charge in [-0.15, -0.1) is 0 Å². The summed E-state index contributed by atoms with van der Waals surface area (Å²) in [6.07, 6.45) is 0. The molecule has 1 saturated heterocycles. The second-order valence-corrected chi connectivity index (χ2v) is 7.64. The number of carbonyl (C=O) groups is 2. The summed E-state index contributed by atoms with van der Waals surface area (Å²) in [5.74, 6) is 0. The molecule has 0 radical (unpaired) electrons. The lowest BCUT2D eigenvalue weighted by molar-refractivity contribution is 0.128. The molecule has 1 heterocycles. The van der Waals surface area contributed by atoms with Crippen LogP contribution in [0.2, 0.25) is 5.02 Å². The Morgan fingerprint density at radius 2 is 1.60 bits per heavy atom. The highest BCUT2D eigenvalue weighted by Crippen LogP contribution is 2.24. The quantitative estimate of drug-likeness (QED) is 0.894. The third-order valence-corrected chi connectivity index (χ3v) is 4.78. The van der Waals surface area contributed by atoms with Gasteiger partial charge >= 0.3 is 12.1 Å². The molecule has 138 valence electrons. The lowest BCUT2D eigenvalue weighted by Crippen LogP contribution is -2.55. The summed E-state index contributed by atoms with van der Waals surface area (Å²) in [5, 5.41) is 3.72. The number of rotatable bonds is 3. The molecule has 0 spiro atoms. The van der Waals surface area contributed by atoms with Gasteiger partial charge in [-0.05, 0) is 17.7 Å². The molecule has 1 aromatic carbocycles. The van der Waals surface area contributed by atoms with E-state index in [4.69, 9.17) is 11.6 Å². The van der Waals surface area contributed by atoms with E-state index in [0.29, 0.717) is 37.7 Å². The summed E-state index contributed by atoms with van der Waals surface area (Å²) in [6.45, 7) is 6.92. The minimum absolute atomic E-state index is 0.0103. The number of hydrogen-bond donors (Lipinski definition) is 1. The van der Waals surface area contributed by atoms with E-state index >= 15 is 0 Å². The molecule has 7 heteroatoms. The molecule has 0 unspecified atom stereocenters. The van der Waals surface area contributed by atoms with Gasteiger partial charge in [0.2, 0.25) is 0 Å². The molecule has 0 aromatic heterocycles. The summed E-state index contributed by atoms with van der Waals surface area (Å²) < 4.78 is 0. The van der Waals surface area contributed by atoms with Crippen molar-refractivity contribution >= 4 is 23.7 Å². The van der Waals surface area contributed by atoms with E-state index in [-0.39, 0.29) is 17.5 Å². The largest absolute Gasteiger partial charge is 0.337 e. The molecule has 6 nitrogen and oxygen atoms in total. The fourth-order valence-electron chi connectivity index (χ4n) is 2.80. The van der Waals surface area contributed by atoms with Crippen molar-refractivity contribution in [2.24, 2.45) is 0 Å². The van der Waals surface area contributed by atoms with Crippen LogP contribution in [0.25, 0.3) is 0 Å². The first-order valence-corrected chi connectivity index (χ1v) is 8.83. The first-order chi connectivity index (χ1) is 11.7. The third kappa shape index (κ3) is 5.01. The molecule has 1 aromatic rings. The number of nitrogens with one attached hydrogen (secondary N) is 1. The van der Waals surface area contributed by atoms with E-state index in [2.05, 4.69) is 19.2 Å². The highest BCUT2D eigenvalue weighted by Gasteiger charge is 2.27. The molecule has 1 aliphatic rings. The van der Waals surface area contributed by atoms with Gasteiger partial charge in [-0.3, -0.25) is 0 Å². The summed E-state index contributed by atoms with van der Waals surface area (Å²) in [5.41, 5.74) is 0.932. The number of hydrogen-bond acceptors (Lipinski definition) is 2. The van der Waals surface area contributed by atoms with E-state index in [1.165, 1.54) is 0 Å². The minimum atomic E-state index is -0.192. The maximum Gasteiger partial charge on any atom is 0.319 e. The Morgan fingerprint density at radius 3 is 2.12 bits per heavy atom. The smallest absolute Gasteiger partial charge is 0.319 e. The van der Waals surface area contributed by atoms with Crippen molar-refractivity contribution in [2.75, 3.05) is 46.8 Å². The van der Waals surface area contributed by atoms with Crippen LogP contribution in [0.3, 0.4) is 0 Å². The maximum atomic E-state index is 12.4. The maximum absolute atomic E-state index is 12.4. The minimum Gasteiger partial charge on any atom is -0.337 e. The lowest BCUT2D eigenvalue weighted by atomic mass is 9.85. The van der Waals surface area contributed by atoms with Crippen LogP contribution in [0.4, 0.5) is 9.59 Å². The monoisotopic (exact) mass is 366 g/mol. The lowest BCUT2D eigenvalue weighted by Gasteiger charge is -2.36. The molecule has 1 fully saturated rings. The third-order valence-electron chi connectivity index (χ3n) is 4.53. The first-order valence-electron chi connectivity index (χ1n) is 8.46. The molecule has 1 N–H and O–H groups in total. The molecular formula is C18H27ClN4O2. The second-order valence-electron chi connectivity index (χ2n) is 7.20. The van der Waals surface area contributed by atoms with E-state index in [1.807, 2.05) is 24.3 Å². The number of halogens is 1. The standard InChI is InChI=1S/C18H27ClN4O2/c1-18(2,14-5-7-15(19)8-6-14)13-20-16(24)22-9-11-23(12-10-22)17(25)21(3)4/h5-8H,9-13H2,1-4H3,(H,20,24). The van der Waals surface area contributed by atoms with E-state index in [0.717, 1.165) is 5.56 Å². The zero-order chi connectivity index (χ0) is 18.6. The van der Waals surface area contributed by atoms with Gasteiger partial charge in [0.15, 0.2) is 0 Å². The molecule has 1 aliphatic heterocycles. The Balaban J connectivity index is 1.84. The zero-order valence-electron chi connectivity index (χ0n) is 15.4. The highest BCUT2D eigenvalue weighted by molar-refractivity contribution is 6.30. The van der Waals surface area contributed by atoms with Gasteiger partial charge in [0.25, 0.3) is 0 Å². The molecule has 2 rings (SSSR count). The normalized spacial score (nSPS) is 15.1. The number of urea groups is 2. The van der Waals surface area contributed by atoms with E-state index < -0.39 is 0 Å². The zero-order valence-corrected chi connectivity index (χ0v) is 16.1. The Kier molecular flexibility index (Phi) is 6.16. The highest BCUT2D eigenvalue weighted by atomic mass is 35.5. The molecule has 0 atom stereocenters. The van der Waals surface area contributed by atoms with Gasteiger partial charge in [-0.1, -0.05) is 37.6 Å². The Hall–Kier alpha value is -1.95. The van der Waals surface area contributed by atoms with Crippen molar-refractivity contribution in [1.82, 2.24) is 20.0 Å². The predicted molar refractivity (Wildman–Crippen MR) is 100 cm³/mol. The predicted octanol–water partition coefficient (Wildman–Crippen LogP) is 2.63. The van der Waals surface area contributed by atoms with Crippen molar-refractivity contribution < 1.29 is 9.59 Å². The van der Waals surface area contributed by atoms with Crippen LogP contribution in [-0.4, -0.2) is 73.6 Å². The van der Waals surface area contributed by atoms with Crippen molar-refractivity contribution in [2.45, 2.75) is 19.3 Å². The van der Waals surface area contributed by atoms with Crippen LogP contribution in [-0.2, 0) is 5.41 Å². The molecule has 0 aliphatic carbocycles. The van der Waals surface area contributed by atoms with Crippen molar-refractivity contribution in [3.8, 4) is 0 Å². The fraction of sp³-hybridized carbons (Fsp3) is 0.556. The topological polar surface area (TPSA) is 55.9 Å². The number of piperazine rings is 1. The van der Waals surface area contributed by atoms with Gasteiger partial charge < -0.3 is 20.0 Å². The Bertz CT molecular complexity index is 608. The van der Waals surface area contributed by atoms with Crippen LogP contribution in [0.1, 0.15) is 19.4 Å². The molecule has 0 saturated carbocycles. The summed E-state index contributed by atoms with van der Waals surface area (Å²) >= 11 is 5.94. The SMILES string of the molecule is CN(C)C(=O)N1CCN(C(=O)NCC(C)(C)c2ccc(Cl)cc2)CC1. The summed E-state index contributed by atoms with van der Waals surface area (Å²) in [7, 11) is 3.47. The molecular weight excluding hydrogens is 340 g/mol. The van der Waals surface area contributed by atoms with E-state index in [1.54, 1.807) is 28.8 Å². The van der Waals surface area contributed by atoms with Crippen LogP contribution in [0.15, 0.2) is 24.3 Å². The summed E-state index contributed by atoms with van der Waals surface area (Å²) in [6, 6.07) is 7.60. The van der Waals surface area contributed by atoms with Gasteiger partial charge in [0, 0.05) is 57.3 Å². The first kappa shape index (κ1) is 19.4. The van der Waals surface area contributed by atoms with Crippen molar-refractivity contribution in [3.05, 3.63) is 34.9 Å². The summed E-state index contributed by atoms with van der Waals surface area (Å²) in [4.78, 5) is 29.4. The van der Waals surface area contributed by atoms with E-state index in [9.17, 15) is 9.59 Å². The Labute approximate surface area is 154 Å². The number of carbonyl (C=O) groups excluding carboxylic acids is 2.